The van der Waals surface area contributed by atoms with Crippen LogP contribution < -0.4 is 0 Å². The van der Waals surface area contributed by atoms with Crippen LogP contribution in [0.2, 0.25) is 0 Å². The number of halogens is 3. The predicted molar refractivity (Wildman–Crippen MR) is 79.3 cm³/mol. The Morgan fingerprint density at radius 1 is 1.29 bits per heavy atom. The van der Waals surface area contributed by atoms with Gasteiger partial charge in [-0.2, -0.15) is 13.2 Å². The van der Waals surface area contributed by atoms with E-state index in [-0.39, 0.29) is 24.3 Å². The highest BCUT2D eigenvalue weighted by Gasteiger charge is 2.42. The quantitative estimate of drug-likeness (QED) is 0.910. The van der Waals surface area contributed by atoms with Crippen LogP contribution in [0.3, 0.4) is 0 Å². The van der Waals surface area contributed by atoms with Crippen LogP contribution in [0.5, 0.6) is 0 Å². The molecule has 0 bridgehead atoms. The molecule has 0 radical (unpaired) electrons. The smallest absolute Gasteiger partial charge is 0.416 e. The number of β-amino-alcohol motifs (C(OH)–C–C–N with tert-alkyl or cyclic N) is 1. The molecule has 128 valence electrons. The van der Waals surface area contributed by atoms with E-state index in [9.17, 15) is 23.1 Å². The molecular weight excluding hydrogens is 323 g/mol. The van der Waals surface area contributed by atoms with Gasteiger partial charge in [0.15, 0.2) is 5.76 Å². The minimum atomic E-state index is -4.53. The van der Waals surface area contributed by atoms with Crippen LogP contribution >= 0.6 is 0 Å². The van der Waals surface area contributed by atoms with Crippen molar-refractivity contribution in [2.75, 3.05) is 6.54 Å². The lowest BCUT2D eigenvalue weighted by atomic mass is 9.97. The Balaban J connectivity index is 2.01. The van der Waals surface area contributed by atoms with Gasteiger partial charge < -0.3 is 14.4 Å². The molecule has 2 atom stereocenters. The fraction of sp³-hybridized carbons (Fsp3) is 0.353. The topological polar surface area (TPSA) is 53.7 Å². The van der Waals surface area contributed by atoms with Gasteiger partial charge in [0.25, 0.3) is 5.91 Å². The van der Waals surface area contributed by atoms with E-state index in [4.69, 9.17) is 4.42 Å². The highest BCUT2D eigenvalue weighted by Crippen LogP contribution is 2.41. The second-order valence-electron chi connectivity index (χ2n) is 5.88. The maximum Gasteiger partial charge on any atom is 0.416 e. The SMILES string of the molecule is Cc1ccoc1C(=O)N1C[C@H](O)C[C@@H]1c1ccccc1C(F)(F)F. The minimum Gasteiger partial charge on any atom is -0.459 e. The molecule has 2 heterocycles. The molecule has 3 rings (SSSR count). The van der Waals surface area contributed by atoms with Crippen LogP contribution in [-0.4, -0.2) is 28.6 Å². The number of hydrogen-bond donors (Lipinski definition) is 1. The van der Waals surface area contributed by atoms with Gasteiger partial charge in [0.1, 0.15) is 0 Å². The first-order chi connectivity index (χ1) is 11.3. The molecule has 0 aliphatic carbocycles. The van der Waals surface area contributed by atoms with Crippen LogP contribution in [0.1, 0.15) is 39.7 Å². The summed E-state index contributed by atoms with van der Waals surface area (Å²) in [5.41, 5.74) is -0.207. The summed E-state index contributed by atoms with van der Waals surface area (Å²) in [6, 6.07) is 5.89. The number of rotatable bonds is 2. The van der Waals surface area contributed by atoms with Crippen LogP contribution in [0.4, 0.5) is 13.2 Å². The summed E-state index contributed by atoms with van der Waals surface area (Å²) < 4.78 is 45.0. The molecule has 2 aromatic rings. The molecule has 1 fully saturated rings. The summed E-state index contributed by atoms with van der Waals surface area (Å²) in [7, 11) is 0. The summed E-state index contributed by atoms with van der Waals surface area (Å²) in [6.07, 6.45) is -4.00. The molecule has 1 amide bonds. The number of aliphatic hydroxyl groups excluding tert-OH is 1. The van der Waals surface area contributed by atoms with Gasteiger partial charge in [-0.05, 0) is 31.0 Å². The minimum absolute atomic E-state index is 0.0147. The van der Waals surface area contributed by atoms with Gasteiger partial charge in [0.05, 0.1) is 24.0 Å². The molecule has 0 spiro atoms. The number of aliphatic hydroxyl groups is 1. The number of benzene rings is 1. The van der Waals surface area contributed by atoms with Crippen molar-refractivity contribution >= 4 is 5.91 Å². The van der Waals surface area contributed by atoms with Gasteiger partial charge >= 0.3 is 6.18 Å². The molecule has 1 aromatic carbocycles. The Hall–Kier alpha value is -2.28. The zero-order chi connectivity index (χ0) is 17.5. The first-order valence-corrected chi connectivity index (χ1v) is 7.48. The molecular formula is C17H16F3NO3. The lowest BCUT2D eigenvalue weighted by Gasteiger charge is -2.26. The van der Waals surface area contributed by atoms with Gasteiger partial charge in [0, 0.05) is 12.1 Å². The van der Waals surface area contributed by atoms with Gasteiger partial charge in [-0.15, -0.1) is 0 Å². The number of hydrogen-bond acceptors (Lipinski definition) is 3. The summed E-state index contributed by atoms with van der Waals surface area (Å²) in [6.45, 7) is 1.65. The number of alkyl halides is 3. The van der Waals surface area contributed by atoms with Crippen molar-refractivity contribution < 1.29 is 27.5 Å². The molecule has 7 heteroatoms. The third kappa shape index (κ3) is 2.91. The fourth-order valence-electron chi connectivity index (χ4n) is 3.10. The zero-order valence-electron chi connectivity index (χ0n) is 12.9. The number of carbonyl (C=O) groups excluding carboxylic acids is 1. The summed E-state index contributed by atoms with van der Waals surface area (Å²) >= 11 is 0. The summed E-state index contributed by atoms with van der Waals surface area (Å²) in [5.74, 6) is -0.436. The van der Waals surface area contributed by atoms with E-state index < -0.39 is 29.8 Å². The van der Waals surface area contributed by atoms with Gasteiger partial charge in [0.2, 0.25) is 0 Å². The third-order valence-corrected chi connectivity index (χ3v) is 4.22. The number of furan rings is 1. The average Bonchev–Trinajstić information content (AvgIpc) is 3.11. The number of nitrogens with zero attached hydrogens (tertiary/aromatic N) is 1. The molecule has 1 aromatic heterocycles. The Morgan fingerprint density at radius 3 is 2.62 bits per heavy atom. The predicted octanol–water partition coefficient (Wildman–Crippen LogP) is 3.55. The van der Waals surface area contributed by atoms with E-state index in [1.807, 2.05) is 0 Å². The zero-order valence-corrected chi connectivity index (χ0v) is 12.9. The van der Waals surface area contributed by atoms with E-state index in [0.717, 1.165) is 6.07 Å². The van der Waals surface area contributed by atoms with Crippen molar-refractivity contribution in [3.63, 3.8) is 0 Å². The number of likely N-dealkylation sites (tertiary alicyclic amines) is 1. The van der Waals surface area contributed by atoms with Crippen LogP contribution in [0, 0.1) is 6.92 Å². The number of carbonyl (C=O) groups is 1. The largest absolute Gasteiger partial charge is 0.459 e. The Labute approximate surface area is 136 Å². The second kappa shape index (κ2) is 5.98. The molecule has 0 unspecified atom stereocenters. The normalized spacial score (nSPS) is 21.3. The molecule has 1 aliphatic rings. The number of aryl methyl sites for hydroxylation is 1. The maximum atomic E-state index is 13.3. The van der Waals surface area contributed by atoms with E-state index in [1.54, 1.807) is 13.0 Å². The van der Waals surface area contributed by atoms with E-state index in [2.05, 4.69) is 0 Å². The summed E-state index contributed by atoms with van der Waals surface area (Å²) in [5, 5.41) is 9.93. The molecule has 4 nitrogen and oxygen atoms in total. The maximum absolute atomic E-state index is 13.3. The molecule has 1 N–H and O–H groups in total. The molecule has 0 saturated carbocycles. The van der Waals surface area contributed by atoms with E-state index in [1.165, 1.54) is 29.4 Å². The van der Waals surface area contributed by atoms with Crippen LogP contribution in [0.25, 0.3) is 0 Å². The Morgan fingerprint density at radius 2 is 2.00 bits per heavy atom. The van der Waals surface area contributed by atoms with E-state index in [0.29, 0.717) is 5.56 Å². The third-order valence-electron chi connectivity index (χ3n) is 4.22. The molecule has 24 heavy (non-hydrogen) atoms. The molecule has 1 saturated heterocycles. The first kappa shape index (κ1) is 16.6. The van der Waals surface area contributed by atoms with Crippen molar-refractivity contribution in [1.82, 2.24) is 4.90 Å². The monoisotopic (exact) mass is 339 g/mol. The lowest BCUT2D eigenvalue weighted by molar-refractivity contribution is -0.138. The van der Waals surface area contributed by atoms with Crippen molar-refractivity contribution in [2.24, 2.45) is 0 Å². The van der Waals surface area contributed by atoms with Crippen molar-refractivity contribution in [3.05, 3.63) is 59.0 Å². The van der Waals surface area contributed by atoms with Gasteiger partial charge in [-0.1, -0.05) is 18.2 Å². The fourth-order valence-corrected chi connectivity index (χ4v) is 3.10. The lowest BCUT2D eigenvalue weighted by Crippen LogP contribution is -2.32. The van der Waals surface area contributed by atoms with Gasteiger partial charge in [-0.3, -0.25) is 4.79 Å². The van der Waals surface area contributed by atoms with Crippen LogP contribution in [-0.2, 0) is 6.18 Å². The highest BCUT2D eigenvalue weighted by atomic mass is 19.4. The second-order valence-corrected chi connectivity index (χ2v) is 5.88. The van der Waals surface area contributed by atoms with Crippen LogP contribution in [0.15, 0.2) is 41.0 Å². The summed E-state index contributed by atoms with van der Waals surface area (Å²) in [4.78, 5) is 13.9. The highest BCUT2D eigenvalue weighted by molar-refractivity contribution is 5.93. The average molecular weight is 339 g/mol. The Kier molecular flexibility index (Phi) is 4.13. The Bertz CT molecular complexity index is 754. The van der Waals surface area contributed by atoms with Crippen molar-refractivity contribution in [1.29, 1.82) is 0 Å². The van der Waals surface area contributed by atoms with Gasteiger partial charge in [-0.25, -0.2) is 0 Å². The van der Waals surface area contributed by atoms with Crippen molar-refractivity contribution in [2.45, 2.75) is 31.7 Å². The standard InChI is InChI=1S/C17H16F3NO3/c1-10-6-7-24-15(10)16(23)21-9-11(22)8-14(21)12-4-2-3-5-13(12)17(18,19)20/h2-7,11,14,22H,8-9H2,1H3/t11-,14-/m1/s1. The van der Waals surface area contributed by atoms with E-state index >= 15 is 0 Å². The van der Waals surface area contributed by atoms with Crippen molar-refractivity contribution in [3.8, 4) is 0 Å². The first-order valence-electron chi connectivity index (χ1n) is 7.48. The molecule has 1 aliphatic heterocycles. The number of amides is 1.